The van der Waals surface area contributed by atoms with Gasteiger partial charge in [0.1, 0.15) is 5.60 Å². The first-order valence-corrected chi connectivity index (χ1v) is 5.44. The number of carbonyl (C=O) groups excluding carboxylic acids is 1. The second-order valence-electron chi connectivity index (χ2n) is 4.66. The summed E-state index contributed by atoms with van der Waals surface area (Å²) in [7, 11) is 0. The van der Waals surface area contributed by atoms with Gasteiger partial charge in [0.05, 0.1) is 0 Å². The van der Waals surface area contributed by atoms with Gasteiger partial charge >= 0.3 is 6.09 Å². The van der Waals surface area contributed by atoms with E-state index in [4.69, 9.17) is 10.6 Å². The van der Waals surface area contributed by atoms with Crippen molar-refractivity contribution >= 4 is 11.8 Å². The highest BCUT2D eigenvalue weighted by Crippen LogP contribution is 2.16. The van der Waals surface area contributed by atoms with E-state index < -0.39 is 11.7 Å². The zero-order valence-corrected chi connectivity index (χ0v) is 10.4. The number of hydrogen-bond acceptors (Lipinski definition) is 4. The lowest BCUT2D eigenvalue weighted by atomic mass is 10.2. The number of nitrogens with two attached hydrogens (primary N) is 1. The number of benzene rings is 1. The Hall–Kier alpha value is -1.59. The lowest BCUT2D eigenvalue weighted by Gasteiger charge is -2.20. The van der Waals surface area contributed by atoms with Crippen molar-refractivity contribution in [2.45, 2.75) is 32.9 Å². The predicted octanol–water partition coefficient (Wildman–Crippen LogP) is 2.00. The summed E-state index contributed by atoms with van der Waals surface area (Å²) in [5.74, 6) is 5.27. The lowest BCUT2D eigenvalue weighted by Crippen LogP contribution is -2.28. The normalized spacial score (nSPS) is 11.1. The molecular weight excluding hydrogens is 218 g/mol. The molecule has 5 nitrogen and oxygen atoms in total. The molecule has 1 rings (SSSR count). The molecule has 0 aliphatic rings. The van der Waals surface area contributed by atoms with E-state index in [0.717, 1.165) is 5.56 Å². The number of hydrogen-bond donors (Lipinski definition) is 3. The fraction of sp³-hybridized carbons (Fsp3) is 0.417. The van der Waals surface area contributed by atoms with E-state index >= 15 is 0 Å². The van der Waals surface area contributed by atoms with Crippen LogP contribution in [-0.2, 0) is 11.3 Å². The van der Waals surface area contributed by atoms with E-state index in [2.05, 4.69) is 10.7 Å². The summed E-state index contributed by atoms with van der Waals surface area (Å²) in [5, 5.41) is 2.70. The van der Waals surface area contributed by atoms with E-state index in [-0.39, 0.29) is 0 Å². The molecule has 0 unspecified atom stereocenters. The molecule has 0 saturated carbocycles. The molecule has 0 aromatic heterocycles. The van der Waals surface area contributed by atoms with Crippen molar-refractivity contribution in [2.75, 3.05) is 5.32 Å². The summed E-state index contributed by atoms with van der Waals surface area (Å²) in [6.45, 7) is 5.94. The van der Waals surface area contributed by atoms with Crippen LogP contribution in [0.25, 0.3) is 0 Å². The summed E-state index contributed by atoms with van der Waals surface area (Å²) in [4.78, 5) is 11.6. The average Bonchev–Trinajstić information content (AvgIpc) is 2.18. The Labute approximate surface area is 101 Å². The first-order valence-electron chi connectivity index (χ1n) is 5.44. The maximum absolute atomic E-state index is 11.6. The number of para-hydroxylation sites is 1. The van der Waals surface area contributed by atoms with E-state index in [1.807, 2.05) is 39.0 Å². The molecule has 0 saturated heterocycles. The highest BCUT2D eigenvalue weighted by molar-refractivity contribution is 5.85. The molecule has 17 heavy (non-hydrogen) atoms. The van der Waals surface area contributed by atoms with Crippen LogP contribution >= 0.6 is 0 Å². The predicted molar refractivity (Wildman–Crippen MR) is 67.3 cm³/mol. The van der Waals surface area contributed by atoms with Gasteiger partial charge in [0.15, 0.2) is 0 Å². The van der Waals surface area contributed by atoms with Gasteiger partial charge in [-0.2, -0.15) is 0 Å². The number of rotatable bonds is 3. The number of amides is 1. The number of ether oxygens (including phenoxy) is 1. The summed E-state index contributed by atoms with van der Waals surface area (Å²) in [6, 6.07) is 7.41. The van der Waals surface area contributed by atoms with Crippen LogP contribution in [0.4, 0.5) is 10.5 Å². The Morgan fingerprint density at radius 1 is 1.35 bits per heavy atom. The molecule has 0 radical (unpaired) electrons. The topological polar surface area (TPSA) is 76.4 Å². The van der Waals surface area contributed by atoms with Gasteiger partial charge in [-0.25, -0.2) is 4.79 Å². The van der Waals surface area contributed by atoms with Crippen LogP contribution in [0.3, 0.4) is 0 Å². The maximum atomic E-state index is 11.6. The quantitative estimate of drug-likeness (QED) is 0.555. The first-order chi connectivity index (χ1) is 7.92. The highest BCUT2D eigenvalue weighted by atomic mass is 16.6. The zero-order valence-electron chi connectivity index (χ0n) is 10.4. The molecule has 5 heteroatoms. The molecule has 0 fully saturated rings. The smallest absolute Gasteiger partial charge is 0.412 e. The van der Waals surface area contributed by atoms with Gasteiger partial charge in [-0.05, 0) is 32.4 Å². The Morgan fingerprint density at radius 2 is 2.00 bits per heavy atom. The minimum absolute atomic E-state index is 0.470. The van der Waals surface area contributed by atoms with Gasteiger partial charge in [-0.1, -0.05) is 18.2 Å². The molecule has 94 valence electrons. The monoisotopic (exact) mass is 237 g/mol. The molecule has 0 heterocycles. The largest absolute Gasteiger partial charge is 0.444 e. The van der Waals surface area contributed by atoms with Crippen molar-refractivity contribution in [3.63, 3.8) is 0 Å². The van der Waals surface area contributed by atoms with Crippen molar-refractivity contribution in [2.24, 2.45) is 5.84 Å². The lowest BCUT2D eigenvalue weighted by molar-refractivity contribution is 0.0636. The standard InChI is InChI=1S/C12H19N3O2/c1-12(2,3)17-11(16)15-10-7-5-4-6-9(10)8-14-13/h4-7,14H,8,13H2,1-3H3,(H,15,16). The Kier molecular flexibility index (Phi) is 4.48. The number of hydrazine groups is 1. The third kappa shape index (κ3) is 4.84. The molecule has 0 atom stereocenters. The second-order valence-corrected chi connectivity index (χ2v) is 4.66. The van der Waals surface area contributed by atoms with Crippen molar-refractivity contribution < 1.29 is 9.53 Å². The molecule has 1 aromatic rings. The van der Waals surface area contributed by atoms with E-state index in [1.54, 1.807) is 6.07 Å². The van der Waals surface area contributed by atoms with Gasteiger partial charge < -0.3 is 4.74 Å². The molecule has 0 spiro atoms. The Bertz CT molecular complexity index is 386. The van der Waals surface area contributed by atoms with Gasteiger partial charge in [0, 0.05) is 12.2 Å². The van der Waals surface area contributed by atoms with Crippen molar-refractivity contribution in [1.82, 2.24) is 5.43 Å². The Morgan fingerprint density at radius 3 is 2.59 bits per heavy atom. The van der Waals surface area contributed by atoms with Crippen molar-refractivity contribution in [3.8, 4) is 0 Å². The molecule has 4 N–H and O–H groups in total. The second kappa shape index (κ2) is 5.65. The van der Waals surface area contributed by atoms with Gasteiger partial charge in [-0.15, -0.1) is 0 Å². The zero-order chi connectivity index (χ0) is 12.9. The van der Waals surface area contributed by atoms with Crippen LogP contribution in [0.5, 0.6) is 0 Å². The fourth-order valence-corrected chi connectivity index (χ4v) is 1.32. The fourth-order valence-electron chi connectivity index (χ4n) is 1.32. The number of anilines is 1. The molecule has 0 bridgehead atoms. The minimum atomic E-state index is -0.509. The van der Waals surface area contributed by atoms with Crippen LogP contribution in [0.2, 0.25) is 0 Å². The summed E-state index contributed by atoms with van der Waals surface area (Å²) in [5.41, 5.74) is 3.64. The van der Waals surface area contributed by atoms with Gasteiger partial charge in [0.2, 0.25) is 0 Å². The van der Waals surface area contributed by atoms with E-state index in [0.29, 0.717) is 12.2 Å². The molecule has 0 aliphatic heterocycles. The van der Waals surface area contributed by atoms with Crippen molar-refractivity contribution in [3.05, 3.63) is 29.8 Å². The van der Waals surface area contributed by atoms with E-state index in [1.165, 1.54) is 0 Å². The SMILES string of the molecule is CC(C)(C)OC(=O)Nc1ccccc1CNN. The van der Waals surface area contributed by atoms with E-state index in [9.17, 15) is 4.79 Å². The van der Waals surface area contributed by atoms with Crippen LogP contribution in [0.15, 0.2) is 24.3 Å². The Balaban J connectivity index is 2.71. The molecule has 1 amide bonds. The van der Waals surface area contributed by atoms with Gasteiger partial charge in [0.25, 0.3) is 0 Å². The maximum Gasteiger partial charge on any atom is 0.412 e. The highest BCUT2D eigenvalue weighted by Gasteiger charge is 2.16. The van der Waals surface area contributed by atoms with Crippen LogP contribution in [0, 0.1) is 0 Å². The third-order valence-electron chi connectivity index (χ3n) is 1.95. The molecular formula is C12H19N3O2. The average molecular weight is 237 g/mol. The third-order valence-corrected chi connectivity index (χ3v) is 1.95. The van der Waals surface area contributed by atoms with Gasteiger partial charge in [-0.3, -0.25) is 16.6 Å². The molecule has 0 aliphatic carbocycles. The van der Waals surface area contributed by atoms with Crippen LogP contribution in [0.1, 0.15) is 26.3 Å². The minimum Gasteiger partial charge on any atom is -0.444 e. The van der Waals surface area contributed by atoms with Crippen LogP contribution in [-0.4, -0.2) is 11.7 Å². The number of nitrogens with one attached hydrogen (secondary N) is 2. The molecule has 1 aromatic carbocycles. The van der Waals surface area contributed by atoms with Crippen molar-refractivity contribution in [1.29, 1.82) is 0 Å². The van der Waals surface area contributed by atoms with Crippen LogP contribution < -0.4 is 16.6 Å². The number of carbonyl (C=O) groups is 1. The summed E-state index contributed by atoms with van der Waals surface area (Å²) in [6.07, 6.45) is -0.470. The summed E-state index contributed by atoms with van der Waals surface area (Å²) < 4.78 is 5.17. The first kappa shape index (κ1) is 13.5. The summed E-state index contributed by atoms with van der Waals surface area (Å²) >= 11 is 0.